The summed E-state index contributed by atoms with van der Waals surface area (Å²) in [6.45, 7) is 2.86. The normalized spacial score (nSPS) is 21.9. The van der Waals surface area contributed by atoms with Crippen molar-refractivity contribution in [1.82, 2.24) is 15.2 Å². The first-order chi connectivity index (χ1) is 11.8. The van der Waals surface area contributed by atoms with Crippen LogP contribution in [0.1, 0.15) is 17.3 Å². The first-order valence-electron chi connectivity index (χ1n) is 7.44. The minimum atomic E-state index is -4.57. The number of allylic oxidation sites excluding steroid dienone is 1. The number of hydrogen-bond donors (Lipinski definition) is 1. The Hall–Kier alpha value is -1.64. The zero-order chi connectivity index (χ0) is 18.2. The number of nitrogens with one attached hydrogen (secondary N) is 1. The summed E-state index contributed by atoms with van der Waals surface area (Å²) in [4.78, 5) is 22.3. The van der Waals surface area contributed by atoms with Crippen molar-refractivity contribution >= 4 is 35.2 Å². The Morgan fingerprint density at radius 1 is 1.24 bits per heavy atom. The summed E-state index contributed by atoms with van der Waals surface area (Å²) in [6.07, 6.45) is -2.48. The Bertz CT molecular complexity index is 758. The van der Waals surface area contributed by atoms with Gasteiger partial charge in [-0.15, -0.1) is 0 Å². The molecule has 2 aliphatic heterocycles. The number of nitrogens with zero attached hydrogens (tertiary/aromatic N) is 3. The van der Waals surface area contributed by atoms with Gasteiger partial charge >= 0.3 is 6.18 Å². The SMILES string of the molecule is O=C1C(Cl)=C(N2CCNCC2)C=NC1c1ncc(C(F)(F)F)cc1Cl. The van der Waals surface area contributed by atoms with Gasteiger partial charge in [-0.25, -0.2) is 0 Å². The number of halogens is 5. The minimum absolute atomic E-state index is 0.0142. The molecule has 1 N–H and O–H groups in total. The van der Waals surface area contributed by atoms with Crippen molar-refractivity contribution in [2.45, 2.75) is 12.2 Å². The van der Waals surface area contributed by atoms with Crippen LogP contribution in [0.4, 0.5) is 13.2 Å². The number of rotatable bonds is 2. The van der Waals surface area contributed by atoms with Crippen molar-refractivity contribution in [3.05, 3.63) is 39.3 Å². The quantitative estimate of drug-likeness (QED) is 0.840. The Labute approximate surface area is 151 Å². The number of alkyl halides is 3. The predicted octanol–water partition coefficient (Wildman–Crippen LogP) is 2.80. The van der Waals surface area contributed by atoms with Crippen molar-refractivity contribution < 1.29 is 18.0 Å². The molecule has 1 aromatic heterocycles. The number of piperazine rings is 1. The van der Waals surface area contributed by atoms with Crippen molar-refractivity contribution in [3.8, 4) is 0 Å². The number of dihydropyridines is 1. The molecule has 0 amide bonds. The number of aromatic nitrogens is 1. The van der Waals surface area contributed by atoms with E-state index in [1.54, 1.807) is 0 Å². The average molecular weight is 393 g/mol. The number of carbonyl (C=O) groups is 1. The number of carbonyl (C=O) groups excluding carboxylic acids is 1. The van der Waals surface area contributed by atoms with Gasteiger partial charge in [0.1, 0.15) is 5.03 Å². The number of ketones is 1. The molecule has 10 heteroatoms. The second kappa shape index (κ2) is 6.93. The molecule has 0 aliphatic carbocycles. The first-order valence-corrected chi connectivity index (χ1v) is 8.20. The lowest BCUT2D eigenvalue weighted by Crippen LogP contribution is -2.44. The van der Waals surface area contributed by atoms with Crippen LogP contribution in [-0.4, -0.2) is 48.1 Å². The van der Waals surface area contributed by atoms with Crippen molar-refractivity contribution in [2.75, 3.05) is 26.2 Å². The maximum atomic E-state index is 12.7. The van der Waals surface area contributed by atoms with Gasteiger partial charge in [0.2, 0.25) is 5.78 Å². The highest BCUT2D eigenvalue weighted by atomic mass is 35.5. The summed E-state index contributed by atoms with van der Waals surface area (Å²) in [6, 6.07) is -0.412. The Balaban J connectivity index is 1.88. The molecule has 25 heavy (non-hydrogen) atoms. The summed E-state index contributed by atoms with van der Waals surface area (Å²) in [5, 5.41) is 2.89. The van der Waals surface area contributed by atoms with Gasteiger partial charge in [-0.05, 0) is 6.07 Å². The van der Waals surface area contributed by atoms with Crippen LogP contribution >= 0.6 is 23.2 Å². The van der Waals surface area contributed by atoms with Gasteiger partial charge in [0.25, 0.3) is 0 Å². The molecule has 1 atom stereocenters. The second-order valence-corrected chi connectivity index (χ2v) is 6.36. The standard InChI is InChI=1S/C15H13Cl2F3N4O/c16-9-5-8(15(18,19)20)6-22-12(9)13-14(25)11(17)10(7-23-13)24-3-1-21-2-4-24/h5-7,13,21H,1-4H2. The minimum Gasteiger partial charge on any atom is -0.366 e. The molecule has 1 unspecified atom stereocenters. The topological polar surface area (TPSA) is 57.6 Å². The number of Topliss-reactive ketones (excluding diaryl/α,β-unsaturated/α-hetero) is 1. The summed E-state index contributed by atoms with van der Waals surface area (Å²) >= 11 is 12.1. The molecule has 5 nitrogen and oxygen atoms in total. The molecule has 0 aromatic carbocycles. The summed E-state index contributed by atoms with van der Waals surface area (Å²) in [5.41, 5.74) is -0.530. The Kier molecular flexibility index (Phi) is 5.04. The van der Waals surface area contributed by atoms with E-state index in [-0.39, 0.29) is 15.7 Å². The van der Waals surface area contributed by atoms with Gasteiger partial charge in [0.15, 0.2) is 6.04 Å². The van der Waals surface area contributed by atoms with Gasteiger partial charge in [0, 0.05) is 38.6 Å². The van der Waals surface area contributed by atoms with Gasteiger partial charge < -0.3 is 10.2 Å². The van der Waals surface area contributed by atoms with E-state index in [2.05, 4.69) is 15.3 Å². The van der Waals surface area contributed by atoms with E-state index in [0.717, 1.165) is 19.2 Å². The van der Waals surface area contributed by atoms with Crippen LogP contribution in [0.15, 0.2) is 28.0 Å². The van der Waals surface area contributed by atoms with Crippen LogP contribution in [0.2, 0.25) is 5.02 Å². The third-order valence-corrected chi connectivity index (χ3v) is 4.63. The Morgan fingerprint density at radius 3 is 2.52 bits per heavy atom. The van der Waals surface area contributed by atoms with Crippen molar-refractivity contribution in [3.63, 3.8) is 0 Å². The second-order valence-electron chi connectivity index (χ2n) is 5.57. The molecular formula is C15H13Cl2F3N4O. The van der Waals surface area contributed by atoms with Crippen molar-refractivity contribution in [2.24, 2.45) is 4.99 Å². The fourth-order valence-corrected chi connectivity index (χ4v) is 3.18. The van der Waals surface area contributed by atoms with Gasteiger partial charge in [-0.2, -0.15) is 13.2 Å². The fraction of sp³-hybridized carbons (Fsp3) is 0.400. The summed E-state index contributed by atoms with van der Waals surface area (Å²) in [7, 11) is 0. The highest BCUT2D eigenvalue weighted by Gasteiger charge is 2.35. The first kappa shape index (κ1) is 18.2. The van der Waals surface area contributed by atoms with Crippen LogP contribution in [0, 0.1) is 0 Å². The predicted molar refractivity (Wildman–Crippen MR) is 87.8 cm³/mol. The van der Waals surface area contributed by atoms with E-state index in [4.69, 9.17) is 23.2 Å². The van der Waals surface area contributed by atoms with Crippen molar-refractivity contribution in [1.29, 1.82) is 0 Å². The van der Waals surface area contributed by atoms with Crippen LogP contribution < -0.4 is 5.32 Å². The maximum absolute atomic E-state index is 12.7. The molecule has 1 aromatic rings. The molecule has 134 valence electrons. The molecule has 0 bridgehead atoms. The molecule has 0 saturated carbocycles. The third-order valence-electron chi connectivity index (χ3n) is 3.95. The maximum Gasteiger partial charge on any atom is 0.417 e. The van der Waals surface area contributed by atoms with Gasteiger partial charge in [-0.3, -0.25) is 14.8 Å². The van der Waals surface area contributed by atoms with Gasteiger partial charge in [-0.1, -0.05) is 23.2 Å². The molecule has 0 radical (unpaired) electrons. The highest BCUT2D eigenvalue weighted by molar-refractivity contribution is 6.45. The van der Waals surface area contributed by atoms with E-state index >= 15 is 0 Å². The molecule has 2 aliphatic rings. The number of pyridine rings is 1. The monoisotopic (exact) mass is 392 g/mol. The molecule has 0 spiro atoms. The van der Waals surface area contributed by atoms with Crippen LogP contribution in [0.3, 0.4) is 0 Å². The zero-order valence-electron chi connectivity index (χ0n) is 12.8. The summed E-state index contributed by atoms with van der Waals surface area (Å²) < 4.78 is 38.1. The lowest BCUT2D eigenvalue weighted by molar-refractivity contribution is -0.137. The Morgan fingerprint density at radius 2 is 1.92 bits per heavy atom. The van der Waals surface area contributed by atoms with E-state index in [1.165, 1.54) is 6.21 Å². The summed E-state index contributed by atoms with van der Waals surface area (Å²) in [5.74, 6) is -0.535. The highest BCUT2D eigenvalue weighted by Crippen LogP contribution is 2.36. The zero-order valence-corrected chi connectivity index (χ0v) is 14.3. The van der Waals surface area contributed by atoms with E-state index in [1.807, 2.05) is 4.90 Å². The van der Waals surface area contributed by atoms with Crippen LogP contribution in [0.25, 0.3) is 0 Å². The third kappa shape index (κ3) is 3.65. The van der Waals surface area contributed by atoms with E-state index in [9.17, 15) is 18.0 Å². The molecule has 3 rings (SSSR count). The van der Waals surface area contributed by atoms with Crippen LogP contribution in [0.5, 0.6) is 0 Å². The fourth-order valence-electron chi connectivity index (χ4n) is 2.64. The average Bonchev–Trinajstić information content (AvgIpc) is 2.57. The number of hydrogen-bond acceptors (Lipinski definition) is 5. The van der Waals surface area contributed by atoms with Crippen LogP contribution in [-0.2, 0) is 11.0 Å². The smallest absolute Gasteiger partial charge is 0.366 e. The molecule has 3 heterocycles. The molecular weight excluding hydrogens is 380 g/mol. The lowest BCUT2D eigenvalue weighted by Gasteiger charge is -2.32. The molecule has 1 fully saturated rings. The lowest BCUT2D eigenvalue weighted by atomic mass is 10.0. The van der Waals surface area contributed by atoms with E-state index in [0.29, 0.717) is 25.0 Å². The molecule has 1 saturated heterocycles. The largest absolute Gasteiger partial charge is 0.417 e. The van der Waals surface area contributed by atoms with E-state index < -0.39 is 23.6 Å². The number of aliphatic imine (C=N–C) groups is 1. The van der Waals surface area contributed by atoms with Gasteiger partial charge in [0.05, 0.1) is 22.0 Å².